The lowest BCUT2D eigenvalue weighted by molar-refractivity contribution is -0.137. The highest BCUT2D eigenvalue weighted by Crippen LogP contribution is 2.32. The Kier molecular flexibility index (Phi) is 8.13. The predicted molar refractivity (Wildman–Crippen MR) is 113 cm³/mol. The van der Waals surface area contributed by atoms with Gasteiger partial charge in [0.25, 0.3) is 0 Å². The maximum Gasteiger partial charge on any atom is 0.416 e. The van der Waals surface area contributed by atoms with Crippen LogP contribution in [0.25, 0.3) is 0 Å². The molecular weight excluding hydrogens is 425 g/mol. The molecule has 0 aliphatic carbocycles. The van der Waals surface area contributed by atoms with Crippen LogP contribution in [-0.4, -0.2) is 29.2 Å². The van der Waals surface area contributed by atoms with Gasteiger partial charge in [-0.15, -0.1) is 0 Å². The Hall–Kier alpha value is -3.23. The molecule has 174 valence electrons. The number of hydrogen-bond donors (Lipinski definition) is 1. The van der Waals surface area contributed by atoms with Gasteiger partial charge >= 0.3 is 18.4 Å². The van der Waals surface area contributed by atoms with Crippen LogP contribution < -0.4 is 5.73 Å². The van der Waals surface area contributed by atoms with E-state index >= 15 is 0 Å². The van der Waals surface area contributed by atoms with E-state index in [9.17, 15) is 22.8 Å². The van der Waals surface area contributed by atoms with E-state index in [0.717, 1.165) is 23.3 Å². The third-order valence-electron chi connectivity index (χ3n) is 4.42. The molecule has 0 atom stereocenters. The number of carbonyl (C=O) groups is 2. The molecular formula is C23H27F3N2O4. The second kappa shape index (κ2) is 10.4. The summed E-state index contributed by atoms with van der Waals surface area (Å²) in [6, 6.07) is 12.9. The molecule has 0 fully saturated rings. The summed E-state index contributed by atoms with van der Waals surface area (Å²) >= 11 is 0. The van der Waals surface area contributed by atoms with Crippen molar-refractivity contribution in [3.63, 3.8) is 0 Å². The van der Waals surface area contributed by atoms with E-state index in [1.54, 1.807) is 20.8 Å². The van der Waals surface area contributed by atoms with Crippen molar-refractivity contribution in [2.24, 2.45) is 5.73 Å². The zero-order valence-electron chi connectivity index (χ0n) is 18.2. The van der Waals surface area contributed by atoms with Gasteiger partial charge in [-0.2, -0.15) is 13.2 Å². The standard InChI is InChI=1S/C18H16F3NO2.C5H11NO2/c19-18(20,21)16-7-6-14-8-9-22(11-15(14)10-16)17(23)24-12-13-4-2-1-3-5-13;1-5(2,3)8-4(6)7/h1-7,10H,8-9,11-12H2;1-3H3,(H2,6,7). The largest absolute Gasteiger partial charge is 0.445 e. The van der Waals surface area contributed by atoms with Crippen molar-refractivity contribution in [3.05, 3.63) is 70.8 Å². The number of halogens is 3. The molecule has 3 rings (SSSR count). The number of primary amides is 1. The third-order valence-corrected chi connectivity index (χ3v) is 4.42. The van der Waals surface area contributed by atoms with Gasteiger partial charge in [-0.25, -0.2) is 9.59 Å². The predicted octanol–water partition coefficient (Wildman–Crippen LogP) is 5.28. The van der Waals surface area contributed by atoms with Crippen molar-refractivity contribution < 1.29 is 32.2 Å². The number of benzene rings is 2. The smallest absolute Gasteiger partial charge is 0.416 e. The first-order valence-electron chi connectivity index (χ1n) is 9.98. The molecule has 0 radical (unpaired) electrons. The van der Waals surface area contributed by atoms with Crippen LogP contribution in [0.1, 0.15) is 43.0 Å². The van der Waals surface area contributed by atoms with Gasteiger partial charge < -0.3 is 20.1 Å². The fourth-order valence-electron chi connectivity index (χ4n) is 3.00. The minimum atomic E-state index is -4.38. The molecule has 0 aromatic heterocycles. The zero-order chi connectivity index (χ0) is 23.9. The summed E-state index contributed by atoms with van der Waals surface area (Å²) in [5, 5.41) is 0. The molecule has 0 unspecified atom stereocenters. The number of nitrogens with two attached hydrogens (primary N) is 1. The average molecular weight is 452 g/mol. The number of fused-ring (bicyclic) bond motifs is 1. The van der Waals surface area contributed by atoms with E-state index in [2.05, 4.69) is 4.74 Å². The van der Waals surface area contributed by atoms with E-state index in [4.69, 9.17) is 10.5 Å². The first-order chi connectivity index (χ1) is 14.8. The van der Waals surface area contributed by atoms with E-state index < -0.39 is 29.5 Å². The summed E-state index contributed by atoms with van der Waals surface area (Å²) < 4.78 is 48.3. The van der Waals surface area contributed by atoms with Gasteiger partial charge in [0.1, 0.15) is 12.2 Å². The highest BCUT2D eigenvalue weighted by atomic mass is 19.4. The number of rotatable bonds is 2. The normalized spacial score (nSPS) is 13.4. The molecule has 1 heterocycles. The number of hydrogen-bond acceptors (Lipinski definition) is 4. The number of nitrogens with zero attached hydrogens (tertiary/aromatic N) is 1. The lowest BCUT2D eigenvalue weighted by atomic mass is 9.97. The van der Waals surface area contributed by atoms with Gasteiger partial charge in [0, 0.05) is 13.1 Å². The van der Waals surface area contributed by atoms with Crippen molar-refractivity contribution in [2.75, 3.05) is 6.54 Å². The molecule has 2 aromatic carbocycles. The van der Waals surface area contributed by atoms with Crippen LogP contribution in [0.5, 0.6) is 0 Å². The summed E-state index contributed by atoms with van der Waals surface area (Å²) in [6.45, 7) is 6.00. The minimum absolute atomic E-state index is 0.132. The molecule has 9 heteroatoms. The van der Waals surface area contributed by atoms with Gasteiger partial charge in [0.05, 0.1) is 5.56 Å². The molecule has 2 N–H and O–H groups in total. The molecule has 2 amide bonds. The van der Waals surface area contributed by atoms with Crippen LogP contribution in [0.15, 0.2) is 48.5 Å². The maximum absolute atomic E-state index is 12.8. The first-order valence-corrected chi connectivity index (χ1v) is 9.98. The topological polar surface area (TPSA) is 81.9 Å². The van der Waals surface area contributed by atoms with E-state index in [0.29, 0.717) is 18.5 Å². The molecule has 6 nitrogen and oxygen atoms in total. The van der Waals surface area contributed by atoms with Gasteiger partial charge in [0.2, 0.25) is 0 Å². The summed E-state index contributed by atoms with van der Waals surface area (Å²) in [4.78, 5) is 23.6. The fraction of sp³-hybridized carbons (Fsp3) is 0.391. The summed E-state index contributed by atoms with van der Waals surface area (Å²) in [5.41, 5.74) is 5.80. The Bertz CT molecular complexity index is 925. The molecule has 0 bridgehead atoms. The SMILES string of the molecule is CC(C)(C)OC(N)=O.O=C(OCc1ccccc1)N1CCc2ccc(C(F)(F)F)cc2C1. The van der Waals surface area contributed by atoms with E-state index in [1.807, 2.05) is 30.3 Å². The van der Waals surface area contributed by atoms with Crippen LogP contribution in [0, 0.1) is 0 Å². The van der Waals surface area contributed by atoms with Crippen LogP contribution >= 0.6 is 0 Å². The Morgan fingerprint density at radius 2 is 1.69 bits per heavy atom. The van der Waals surface area contributed by atoms with Crippen LogP contribution in [0.4, 0.5) is 22.8 Å². The van der Waals surface area contributed by atoms with Crippen LogP contribution in [-0.2, 0) is 35.2 Å². The Labute approximate surface area is 185 Å². The number of ether oxygens (including phenoxy) is 2. The highest BCUT2D eigenvalue weighted by Gasteiger charge is 2.32. The van der Waals surface area contributed by atoms with Crippen LogP contribution in [0.2, 0.25) is 0 Å². The van der Waals surface area contributed by atoms with Crippen molar-refractivity contribution in [1.29, 1.82) is 0 Å². The van der Waals surface area contributed by atoms with Crippen molar-refractivity contribution >= 4 is 12.2 Å². The van der Waals surface area contributed by atoms with Crippen LogP contribution in [0.3, 0.4) is 0 Å². The number of carbonyl (C=O) groups excluding carboxylic acids is 2. The Balaban J connectivity index is 0.000000390. The second-order valence-electron chi connectivity index (χ2n) is 8.23. The van der Waals surface area contributed by atoms with Crippen molar-refractivity contribution in [3.8, 4) is 0 Å². The van der Waals surface area contributed by atoms with E-state index in [-0.39, 0.29) is 13.2 Å². The molecule has 1 aliphatic heterocycles. The molecule has 0 saturated carbocycles. The maximum atomic E-state index is 12.8. The van der Waals surface area contributed by atoms with Gasteiger partial charge in [-0.1, -0.05) is 36.4 Å². The minimum Gasteiger partial charge on any atom is -0.445 e. The van der Waals surface area contributed by atoms with Crippen molar-refractivity contribution in [1.82, 2.24) is 4.90 Å². The number of alkyl halides is 3. The second-order valence-corrected chi connectivity index (χ2v) is 8.23. The van der Waals surface area contributed by atoms with Gasteiger partial charge in [0.15, 0.2) is 0 Å². The molecule has 1 aliphatic rings. The Morgan fingerprint density at radius 3 is 2.22 bits per heavy atom. The summed E-state index contributed by atoms with van der Waals surface area (Å²) in [7, 11) is 0. The monoisotopic (exact) mass is 452 g/mol. The first kappa shape index (κ1) is 25.0. The summed E-state index contributed by atoms with van der Waals surface area (Å²) in [6.07, 6.45) is -5.10. The molecule has 2 aromatic rings. The van der Waals surface area contributed by atoms with Crippen molar-refractivity contribution in [2.45, 2.75) is 52.1 Å². The average Bonchev–Trinajstić information content (AvgIpc) is 2.70. The van der Waals surface area contributed by atoms with Gasteiger partial charge in [-0.3, -0.25) is 0 Å². The molecule has 0 spiro atoms. The quantitative estimate of drug-likeness (QED) is 0.672. The number of amides is 2. The summed E-state index contributed by atoms with van der Waals surface area (Å²) in [5.74, 6) is 0. The molecule has 32 heavy (non-hydrogen) atoms. The lowest BCUT2D eigenvalue weighted by Gasteiger charge is -2.28. The lowest BCUT2D eigenvalue weighted by Crippen LogP contribution is -2.36. The Morgan fingerprint density at radius 1 is 1.03 bits per heavy atom. The van der Waals surface area contributed by atoms with E-state index in [1.165, 1.54) is 11.0 Å². The van der Waals surface area contributed by atoms with Gasteiger partial charge in [-0.05, 0) is 56.0 Å². The third kappa shape index (κ3) is 8.13. The zero-order valence-corrected chi connectivity index (χ0v) is 18.2. The fourth-order valence-corrected chi connectivity index (χ4v) is 3.00. The highest BCUT2D eigenvalue weighted by molar-refractivity contribution is 5.68. The molecule has 0 saturated heterocycles.